The summed E-state index contributed by atoms with van der Waals surface area (Å²) in [5.41, 5.74) is 5.55. The first kappa shape index (κ1) is 15.2. The van der Waals surface area contributed by atoms with Gasteiger partial charge in [0.2, 0.25) is 0 Å². The van der Waals surface area contributed by atoms with Crippen molar-refractivity contribution < 1.29 is 0 Å². The number of nitrogens with zero attached hydrogens (tertiary/aromatic N) is 1. The smallest absolute Gasteiger partial charge is 0.0325 e. The van der Waals surface area contributed by atoms with Gasteiger partial charge in [-0.1, -0.05) is 6.92 Å². The molecule has 0 aromatic carbocycles. The second kappa shape index (κ2) is 8.25. The van der Waals surface area contributed by atoms with Crippen LogP contribution < -0.4 is 5.73 Å². The highest BCUT2D eigenvalue weighted by Crippen LogP contribution is 2.21. The summed E-state index contributed by atoms with van der Waals surface area (Å²) >= 11 is 5.31. The first-order chi connectivity index (χ1) is 8.11. The molecule has 1 rings (SSSR count). The summed E-state index contributed by atoms with van der Waals surface area (Å²) in [4.78, 5) is 3.82. The fraction of sp³-hybridized carbons (Fsp3) is 0.692. The minimum Gasteiger partial charge on any atom is -0.330 e. The quantitative estimate of drug-likeness (QED) is 0.791. The molecule has 2 nitrogen and oxygen atoms in total. The molecule has 4 heteroatoms. The van der Waals surface area contributed by atoms with Gasteiger partial charge in [-0.05, 0) is 67.3 Å². The molecule has 0 radical (unpaired) electrons. The molecule has 1 heterocycles. The zero-order chi connectivity index (χ0) is 12.7. The second-order valence-electron chi connectivity index (χ2n) is 4.79. The lowest BCUT2D eigenvalue weighted by molar-refractivity contribution is 0.308. The first-order valence-corrected chi connectivity index (χ1v) is 7.90. The third-order valence-electron chi connectivity index (χ3n) is 2.94. The van der Waals surface area contributed by atoms with Gasteiger partial charge in [0.15, 0.2) is 0 Å². The van der Waals surface area contributed by atoms with Crippen LogP contribution in [0.3, 0.4) is 0 Å². The molecule has 1 atom stereocenters. The topological polar surface area (TPSA) is 29.3 Å². The average molecular weight is 319 g/mol. The molecule has 0 aliphatic carbocycles. The van der Waals surface area contributed by atoms with Crippen molar-refractivity contribution in [2.24, 2.45) is 11.7 Å². The van der Waals surface area contributed by atoms with E-state index in [1.807, 2.05) is 11.3 Å². The lowest BCUT2D eigenvalue weighted by atomic mass is 10.0. The minimum absolute atomic E-state index is 0.768. The van der Waals surface area contributed by atoms with Crippen LogP contribution in [0.2, 0.25) is 0 Å². The Bertz CT molecular complexity index is 314. The van der Waals surface area contributed by atoms with Gasteiger partial charge in [-0.2, -0.15) is 0 Å². The van der Waals surface area contributed by atoms with Crippen LogP contribution in [0.5, 0.6) is 0 Å². The number of hydrogen-bond donors (Lipinski definition) is 1. The fourth-order valence-electron chi connectivity index (χ4n) is 1.92. The van der Waals surface area contributed by atoms with E-state index in [4.69, 9.17) is 5.73 Å². The van der Waals surface area contributed by atoms with E-state index in [-0.39, 0.29) is 0 Å². The van der Waals surface area contributed by atoms with Crippen LogP contribution >= 0.6 is 27.3 Å². The molecule has 1 aromatic heterocycles. The molecule has 17 heavy (non-hydrogen) atoms. The van der Waals surface area contributed by atoms with Crippen molar-refractivity contribution in [3.63, 3.8) is 0 Å². The summed E-state index contributed by atoms with van der Waals surface area (Å²) in [6, 6.07) is 2.21. The molecule has 0 saturated carbocycles. The van der Waals surface area contributed by atoms with Gasteiger partial charge < -0.3 is 10.6 Å². The molecule has 0 bridgehead atoms. The molecule has 0 aliphatic heterocycles. The van der Waals surface area contributed by atoms with Crippen LogP contribution in [0.4, 0.5) is 0 Å². The van der Waals surface area contributed by atoms with E-state index in [0.717, 1.165) is 25.4 Å². The molecule has 0 saturated heterocycles. The van der Waals surface area contributed by atoms with E-state index in [1.54, 1.807) is 0 Å². The van der Waals surface area contributed by atoms with E-state index >= 15 is 0 Å². The lowest BCUT2D eigenvalue weighted by Gasteiger charge is -2.17. The Morgan fingerprint density at radius 3 is 2.82 bits per heavy atom. The van der Waals surface area contributed by atoms with Crippen LogP contribution in [-0.2, 0) is 6.54 Å². The summed E-state index contributed by atoms with van der Waals surface area (Å²) in [6.07, 6.45) is 3.71. The maximum absolute atomic E-state index is 5.55. The third kappa shape index (κ3) is 6.55. The van der Waals surface area contributed by atoms with Crippen molar-refractivity contribution in [3.8, 4) is 0 Å². The predicted molar refractivity (Wildman–Crippen MR) is 80.4 cm³/mol. The summed E-state index contributed by atoms with van der Waals surface area (Å²) in [6.45, 7) is 5.34. The normalized spacial score (nSPS) is 13.2. The molecule has 2 N–H and O–H groups in total. The largest absolute Gasteiger partial charge is 0.330 e. The van der Waals surface area contributed by atoms with Crippen molar-refractivity contribution in [1.29, 1.82) is 0 Å². The van der Waals surface area contributed by atoms with E-state index < -0.39 is 0 Å². The number of nitrogens with two attached hydrogens (primary N) is 1. The molecule has 0 spiro atoms. The van der Waals surface area contributed by atoms with Gasteiger partial charge in [-0.25, -0.2) is 0 Å². The van der Waals surface area contributed by atoms with E-state index in [0.29, 0.717) is 0 Å². The van der Waals surface area contributed by atoms with Gasteiger partial charge in [0, 0.05) is 21.3 Å². The van der Waals surface area contributed by atoms with Crippen molar-refractivity contribution in [1.82, 2.24) is 4.90 Å². The third-order valence-corrected chi connectivity index (χ3v) is 4.63. The van der Waals surface area contributed by atoms with Gasteiger partial charge in [0.05, 0.1) is 0 Å². The lowest BCUT2D eigenvalue weighted by Crippen LogP contribution is -2.19. The molecular weight excluding hydrogens is 296 g/mol. The second-order valence-corrected chi connectivity index (χ2v) is 6.71. The van der Waals surface area contributed by atoms with Crippen molar-refractivity contribution in [2.75, 3.05) is 20.1 Å². The zero-order valence-electron chi connectivity index (χ0n) is 10.8. The van der Waals surface area contributed by atoms with Crippen LogP contribution in [0, 0.1) is 5.92 Å². The van der Waals surface area contributed by atoms with Crippen molar-refractivity contribution in [2.45, 2.75) is 32.7 Å². The van der Waals surface area contributed by atoms with Crippen molar-refractivity contribution in [3.05, 3.63) is 20.8 Å². The first-order valence-electron chi connectivity index (χ1n) is 6.23. The maximum atomic E-state index is 5.55. The zero-order valence-corrected chi connectivity index (χ0v) is 13.2. The molecule has 1 unspecified atom stereocenters. The molecule has 0 aliphatic rings. The van der Waals surface area contributed by atoms with Gasteiger partial charge >= 0.3 is 0 Å². The molecule has 98 valence electrons. The Hall–Kier alpha value is 0.1000. The van der Waals surface area contributed by atoms with Crippen LogP contribution in [0.1, 0.15) is 31.1 Å². The highest BCUT2D eigenvalue weighted by molar-refractivity contribution is 9.10. The minimum atomic E-state index is 0.768. The average Bonchev–Trinajstić information content (AvgIpc) is 2.64. The Balaban J connectivity index is 2.15. The number of halogens is 1. The predicted octanol–water partition coefficient (Wildman–Crippen LogP) is 3.71. The fourth-order valence-corrected chi connectivity index (χ4v) is 3.45. The number of rotatable bonds is 8. The highest BCUT2D eigenvalue weighted by Gasteiger charge is 2.05. The number of thiophene rings is 1. The molecule has 0 amide bonds. The van der Waals surface area contributed by atoms with Crippen molar-refractivity contribution >= 4 is 27.3 Å². The maximum Gasteiger partial charge on any atom is 0.0325 e. The van der Waals surface area contributed by atoms with Gasteiger partial charge in [-0.3, -0.25) is 0 Å². The summed E-state index contributed by atoms with van der Waals surface area (Å²) < 4.78 is 1.20. The molecule has 0 fully saturated rings. The van der Waals surface area contributed by atoms with E-state index in [1.165, 1.54) is 28.7 Å². The van der Waals surface area contributed by atoms with Gasteiger partial charge in [0.25, 0.3) is 0 Å². The Kier molecular flexibility index (Phi) is 7.35. The summed E-state index contributed by atoms with van der Waals surface area (Å²) in [5, 5.41) is 2.15. The number of hydrogen-bond acceptors (Lipinski definition) is 3. The highest BCUT2D eigenvalue weighted by atomic mass is 79.9. The molecule has 1 aromatic rings. The van der Waals surface area contributed by atoms with Gasteiger partial charge in [-0.15, -0.1) is 11.3 Å². The SMILES string of the molecule is CC(CCN)CCCN(C)Cc1cc(Br)cs1. The Morgan fingerprint density at radius 2 is 2.24 bits per heavy atom. The summed E-state index contributed by atoms with van der Waals surface area (Å²) in [5.74, 6) is 0.768. The standard InChI is InChI=1S/C13H23BrN2S/c1-11(5-6-15)4-3-7-16(2)9-13-8-12(14)10-17-13/h8,10-11H,3-7,9,15H2,1-2H3. The van der Waals surface area contributed by atoms with E-state index in [9.17, 15) is 0 Å². The van der Waals surface area contributed by atoms with E-state index in [2.05, 4.69) is 46.2 Å². The van der Waals surface area contributed by atoms with Crippen LogP contribution in [0.25, 0.3) is 0 Å². The van der Waals surface area contributed by atoms with Crippen LogP contribution in [0.15, 0.2) is 15.9 Å². The Labute approximate surface area is 117 Å². The summed E-state index contributed by atoms with van der Waals surface area (Å²) in [7, 11) is 2.20. The molecular formula is C13H23BrN2S. The van der Waals surface area contributed by atoms with Gasteiger partial charge in [0.1, 0.15) is 0 Å². The van der Waals surface area contributed by atoms with Crippen LogP contribution in [-0.4, -0.2) is 25.0 Å². The monoisotopic (exact) mass is 318 g/mol. The Morgan fingerprint density at radius 1 is 1.47 bits per heavy atom.